The maximum Gasteiger partial charge on any atom is 0.262 e. The number of para-hydroxylation sites is 2. The van der Waals surface area contributed by atoms with Crippen LogP contribution in [0.2, 0.25) is 0 Å². The average Bonchev–Trinajstić information content (AvgIpc) is 3.57. The quantitative estimate of drug-likeness (QED) is 0.228. The van der Waals surface area contributed by atoms with Gasteiger partial charge in [0.2, 0.25) is 0 Å². The molecule has 1 aliphatic rings. The molecule has 0 bridgehead atoms. The molecule has 5 heteroatoms. The minimum absolute atomic E-state index is 0.225. The van der Waals surface area contributed by atoms with Crippen molar-refractivity contribution in [2.45, 2.75) is 19.5 Å². The van der Waals surface area contributed by atoms with E-state index in [-0.39, 0.29) is 18.4 Å². The Bertz CT molecular complexity index is 1670. The molecule has 0 radical (unpaired) electrons. The number of allylic oxidation sites excluding steroid dienone is 1. The molecule has 3 aromatic carbocycles. The van der Waals surface area contributed by atoms with Crippen molar-refractivity contribution in [3.8, 4) is 0 Å². The number of rotatable bonds is 7. The zero-order valence-corrected chi connectivity index (χ0v) is 19.8. The molecule has 1 aliphatic heterocycles. The van der Waals surface area contributed by atoms with Gasteiger partial charge in [-0.15, -0.1) is 6.58 Å². The fourth-order valence-corrected chi connectivity index (χ4v) is 5.13. The van der Waals surface area contributed by atoms with Gasteiger partial charge in [0.1, 0.15) is 0 Å². The van der Waals surface area contributed by atoms with Crippen LogP contribution in [0, 0.1) is 0 Å². The number of amides is 2. The Kier molecular flexibility index (Phi) is 5.38. The molecule has 6 rings (SSSR count). The van der Waals surface area contributed by atoms with Crippen molar-refractivity contribution in [2.24, 2.45) is 0 Å². The van der Waals surface area contributed by atoms with Crippen molar-refractivity contribution in [1.82, 2.24) is 14.5 Å². The molecular weight excluding hydrogens is 446 g/mol. The van der Waals surface area contributed by atoms with Crippen LogP contribution in [0.1, 0.15) is 23.1 Å². The summed E-state index contributed by atoms with van der Waals surface area (Å²) in [6, 6.07) is 25.5. The second-order valence-corrected chi connectivity index (χ2v) is 9.01. The van der Waals surface area contributed by atoms with Gasteiger partial charge in [0.25, 0.3) is 11.8 Å². The van der Waals surface area contributed by atoms with Crippen LogP contribution in [-0.4, -0.2) is 26.3 Å². The average molecular weight is 472 g/mol. The monoisotopic (exact) mass is 471 g/mol. The third-order valence-corrected chi connectivity index (χ3v) is 6.84. The van der Waals surface area contributed by atoms with E-state index in [0.717, 1.165) is 51.5 Å². The lowest BCUT2D eigenvalue weighted by Gasteiger charge is -2.15. The van der Waals surface area contributed by atoms with Crippen molar-refractivity contribution >= 4 is 44.8 Å². The van der Waals surface area contributed by atoms with E-state index in [1.807, 2.05) is 91.3 Å². The molecule has 2 amide bonds. The van der Waals surface area contributed by atoms with Gasteiger partial charge in [0.15, 0.2) is 0 Å². The number of carbonyl (C=O) groups is 2. The van der Waals surface area contributed by atoms with Gasteiger partial charge in [0.05, 0.1) is 17.7 Å². The van der Waals surface area contributed by atoms with Crippen molar-refractivity contribution in [3.63, 3.8) is 0 Å². The molecular formula is C31H25N3O2. The van der Waals surface area contributed by atoms with Gasteiger partial charge in [-0.1, -0.05) is 72.8 Å². The Labute approximate surface area is 209 Å². The zero-order valence-electron chi connectivity index (χ0n) is 19.8. The second kappa shape index (κ2) is 8.86. The number of fused-ring (bicyclic) bond motifs is 2. The lowest BCUT2D eigenvalue weighted by molar-refractivity contribution is -0.136. The van der Waals surface area contributed by atoms with Crippen molar-refractivity contribution < 1.29 is 9.59 Å². The molecule has 0 fully saturated rings. The second-order valence-electron chi connectivity index (χ2n) is 9.01. The molecule has 5 aromatic rings. The third-order valence-electron chi connectivity index (χ3n) is 6.84. The topological polar surface area (TPSA) is 58.1 Å². The Balaban J connectivity index is 1.58. The largest absolute Gasteiger partial charge is 0.361 e. The molecule has 176 valence electrons. The Hall–Kier alpha value is -4.64. The summed E-state index contributed by atoms with van der Waals surface area (Å²) in [5.74, 6) is -0.540. The Morgan fingerprint density at radius 1 is 0.778 bits per heavy atom. The fraction of sp³-hybridized carbons (Fsp3) is 0.0968. The normalized spacial score (nSPS) is 13.9. The molecule has 0 saturated heterocycles. The maximum atomic E-state index is 14.0. The van der Waals surface area contributed by atoms with Crippen LogP contribution in [0.15, 0.2) is 104 Å². The number of hydrogen-bond donors (Lipinski definition) is 1. The first-order valence-electron chi connectivity index (χ1n) is 12.1. The summed E-state index contributed by atoms with van der Waals surface area (Å²) in [6.45, 7) is 4.83. The maximum absolute atomic E-state index is 14.0. The van der Waals surface area contributed by atoms with Crippen LogP contribution in [0.5, 0.6) is 0 Å². The van der Waals surface area contributed by atoms with Crippen LogP contribution >= 0.6 is 0 Å². The number of benzene rings is 3. The molecule has 5 nitrogen and oxygen atoms in total. The SMILES string of the molecule is C=CCCn1cc(C2=C(c3c[nH]c4ccccc34)C(=O)N(Cc3ccccc3)C2=O)c2ccccc21. The minimum atomic E-state index is -0.272. The number of hydrogen-bond acceptors (Lipinski definition) is 2. The van der Waals surface area contributed by atoms with E-state index in [0.29, 0.717) is 11.1 Å². The summed E-state index contributed by atoms with van der Waals surface area (Å²) >= 11 is 0. The number of carbonyl (C=O) groups excluding carboxylic acids is 2. The van der Waals surface area contributed by atoms with Gasteiger partial charge in [-0.2, -0.15) is 0 Å². The Morgan fingerprint density at radius 3 is 2.22 bits per heavy atom. The van der Waals surface area contributed by atoms with Crippen LogP contribution < -0.4 is 0 Å². The fourth-order valence-electron chi connectivity index (χ4n) is 5.13. The lowest BCUT2D eigenvalue weighted by Crippen LogP contribution is -2.30. The van der Waals surface area contributed by atoms with Crippen molar-refractivity contribution in [3.05, 3.63) is 121 Å². The van der Waals surface area contributed by atoms with Crippen LogP contribution in [0.3, 0.4) is 0 Å². The minimum Gasteiger partial charge on any atom is -0.361 e. The van der Waals surface area contributed by atoms with E-state index in [9.17, 15) is 9.59 Å². The smallest absolute Gasteiger partial charge is 0.262 e. The lowest BCUT2D eigenvalue weighted by atomic mass is 9.95. The van der Waals surface area contributed by atoms with Gasteiger partial charge < -0.3 is 9.55 Å². The van der Waals surface area contributed by atoms with Gasteiger partial charge in [0, 0.05) is 51.9 Å². The molecule has 1 N–H and O–H groups in total. The van der Waals surface area contributed by atoms with E-state index in [1.54, 1.807) is 0 Å². The summed E-state index contributed by atoms with van der Waals surface area (Å²) < 4.78 is 2.14. The van der Waals surface area contributed by atoms with Crippen LogP contribution in [0.4, 0.5) is 0 Å². The number of aryl methyl sites for hydroxylation is 1. The molecule has 0 aliphatic carbocycles. The summed E-state index contributed by atoms with van der Waals surface area (Å²) in [5, 5.41) is 1.87. The van der Waals surface area contributed by atoms with Crippen molar-refractivity contribution in [1.29, 1.82) is 0 Å². The first-order chi connectivity index (χ1) is 17.7. The first-order valence-corrected chi connectivity index (χ1v) is 12.1. The predicted octanol–water partition coefficient (Wildman–Crippen LogP) is 6.18. The molecule has 36 heavy (non-hydrogen) atoms. The standard InChI is InChI=1S/C31H25N3O2/c1-2-3-17-33-20-25(23-14-8-10-16-27(23)33)29-28(24-18-32-26-15-9-7-13-22(24)26)30(35)34(31(29)36)19-21-11-5-4-6-12-21/h2,4-16,18,20,32H,1,3,17,19H2. The number of aromatic amines is 1. The predicted molar refractivity (Wildman–Crippen MR) is 144 cm³/mol. The Morgan fingerprint density at radius 2 is 1.44 bits per heavy atom. The zero-order chi connectivity index (χ0) is 24.6. The number of nitrogens with one attached hydrogen (secondary N) is 1. The molecule has 0 unspecified atom stereocenters. The van der Waals surface area contributed by atoms with Crippen molar-refractivity contribution in [2.75, 3.05) is 0 Å². The molecule has 0 saturated carbocycles. The van der Waals surface area contributed by atoms with E-state index in [2.05, 4.69) is 22.2 Å². The van der Waals surface area contributed by atoms with Gasteiger partial charge >= 0.3 is 0 Å². The highest BCUT2D eigenvalue weighted by atomic mass is 16.2. The number of nitrogens with zero attached hydrogens (tertiary/aromatic N) is 2. The van der Waals surface area contributed by atoms with E-state index < -0.39 is 0 Å². The number of H-pyrrole nitrogens is 1. The first kappa shape index (κ1) is 21.9. The highest BCUT2D eigenvalue weighted by Crippen LogP contribution is 2.41. The highest BCUT2D eigenvalue weighted by molar-refractivity contribution is 6.50. The summed E-state index contributed by atoms with van der Waals surface area (Å²) in [6.07, 6.45) is 6.54. The van der Waals surface area contributed by atoms with Gasteiger partial charge in [-0.3, -0.25) is 14.5 Å². The molecule has 3 heterocycles. The van der Waals surface area contributed by atoms with Crippen LogP contribution in [-0.2, 0) is 22.7 Å². The van der Waals surface area contributed by atoms with E-state index in [1.165, 1.54) is 4.90 Å². The van der Waals surface area contributed by atoms with E-state index >= 15 is 0 Å². The van der Waals surface area contributed by atoms with Crippen LogP contribution in [0.25, 0.3) is 33.0 Å². The summed E-state index contributed by atoms with van der Waals surface area (Å²) in [4.78, 5) is 32.7. The molecule has 0 atom stereocenters. The number of imide groups is 1. The molecule has 0 spiro atoms. The summed E-state index contributed by atoms with van der Waals surface area (Å²) in [7, 11) is 0. The number of aromatic nitrogens is 2. The van der Waals surface area contributed by atoms with Gasteiger partial charge in [-0.25, -0.2) is 0 Å². The highest BCUT2D eigenvalue weighted by Gasteiger charge is 2.41. The van der Waals surface area contributed by atoms with E-state index in [4.69, 9.17) is 0 Å². The third kappa shape index (κ3) is 3.48. The summed E-state index contributed by atoms with van der Waals surface area (Å²) in [5.41, 5.74) is 5.29. The van der Waals surface area contributed by atoms with Gasteiger partial charge in [-0.05, 0) is 24.1 Å². The molecule has 2 aromatic heterocycles.